The number of hydrogen-bond donors (Lipinski definition) is 0. The first kappa shape index (κ1) is 32.7. The molecule has 0 aliphatic rings. The molecule has 0 radical (unpaired) electrons. The van der Waals surface area contributed by atoms with Crippen molar-refractivity contribution in [2.24, 2.45) is 0 Å². The Bertz CT molecular complexity index is 472. The van der Waals surface area contributed by atoms with Crippen LogP contribution in [0.15, 0.2) is 12.2 Å². The van der Waals surface area contributed by atoms with Crippen molar-refractivity contribution in [3.05, 3.63) is 12.2 Å². The molecular weight excluding hydrogens is 424 g/mol. The molecule has 34 heavy (non-hydrogen) atoms. The lowest BCUT2D eigenvalue weighted by Gasteiger charge is -2.05. The molecule has 0 amide bonds. The molecule has 0 rings (SSSR count). The van der Waals surface area contributed by atoms with Crippen molar-refractivity contribution < 1.29 is 19.1 Å². The molecule has 0 aliphatic heterocycles. The molecule has 200 valence electrons. The molecular formula is C30H56O4. The number of unbranched alkanes of at least 4 members (excludes halogenated alkanes) is 16. The molecule has 0 fully saturated rings. The second-order valence-corrected chi connectivity index (χ2v) is 9.65. The number of carbonyl (C=O) groups is 2. The van der Waals surface area contributed by atoms with Gasteiger partial charge in [0.25, 0.3) is 0 Å². The van der Waals surface area contributed by atoms with Crippen LogP contribution >= 0.6 is 0 Å². The number of esters is 2. The maximum atomic E-state index is 11.7. The molecule has 0 spiro atoms. The number of rotatable bonds is 26. The third-order valence-electron chi connectivity index (χ3n) is 6.21. The van der Waals surface area contributed by atoms with Gasteiger partial charge in [-0.3, -0.25) is 9.59 Å². The zero-order chi connectivity index (χ0) is 25.0. The predicted molar refractivity (Wildman–Crippen MR) is 144 cm³/mol. The van der Waals surface area contributed by atoms with Crippen LogP contribution in [-0.4, -0.2) is 25.2 Å². The quantitative estimate of drug-likeness (QED) is 0.0703. The average Bonchev–Trinajstić information content (AvgIpc) is 2.83. The molecule has 0 aromatic heterocycles. The molecule has 0 saturated heterocycles. The normalized spacial score (nSPS) is 11.2. The Kier molecular flexibility index (Phi) is 26.8. The van der Waals surface area contributed by atoms with Gasteiger partial charge < -0.3 is 9.47 Å². The van der Waals surface area contributed by atoms with Crippen LogP contribution in [0, 0.1) is 0 Å². The molecule has 0 saturated carbocycles. The summed E-state index contributed by atoms with van der Waals surface area (Å²) in [6.45, 7) is 5.60. The number of allylic oxidation sites excluding steroid dienone is 2. The van der Waals surface area contributed by atoms with Gasteiger partial charge in [0.2, 0.25) is 0 Å². The van der Waals surface area contributed by atoms with Crippen molar-refractivity contribution in [1.29, 1.82) is 0 Å². The fourth-order valence-corrected chi connectivity index (χ4v) is 3.96. The lowest BCUT2D eigenvalue weighted by atomic mass is 10.1. The summed E-state index contributed by atoms with van der Waals surface area (Å²) in [5, 5.41) is 0. The number of hydrogen-bond acceptors (Lipinski definition) is 4. The molecule has 0 aromatic carbocycles. The summed E-state index contributed by atoms with van der Waals surface area (Å²) < 4.78 is 10.6. The highest BCUT2D eigenvalue weighted by atomic mass is 16.5. The highest BCUT2D eigenvalue weighted by molar-refractivity contribution is 5.69. The largest absolute Gasteiger partial charge is 0.466 e. The number of carbonyl (C=O) groups excluding carboxylic acids is 2. The van der Waals surface area contributed by atoms with Gasteiger partial charge in [0, 0.05) is 12.8 Å². The van der Waals surface area contributed by atoms with Gasteiger partial charge in [0.1, 0.15) is 0 Å². The third kappa shape index (κ3) is 26.9. The van der Waals surface area contributed by atoms with E-state index >= 15 is 0 Å². The van der Waals surface area contributed by atoms with Crippen molar-refractivity contribution in [2.45, 2.75) is 155 Å². The van der Waals surface area contributed by atoms with Gasteiger partial charge in [-0.2, -0.15) is 0 Å². The smallest absolute Gasteiger partial charge is 0.306 e. The molecule has 0 heterocycles. The Morgan fingerprint density at radius 1 is 0.471 bits per heavy atom. The van der Waals surface area contributed by atoms with Crippen LogP contribution in [0.2, 0.25) is 0 Å². The minimum absolute atomic E-state index is 0.0155. The molecule has 0 aliphatic carbocycles. The molecule has 0 aromatic rings. The monoisotopic (exact) mass is 480 g/mol. The van der Waals surface area contributed by atoms with Crippen LogP contribution in [0.25, 0.3) is 0 Å². The summed E-state index contributed by atoms with van der Waals surface area (Å²) in [6, 6.07) is 0. The van der Waals surface area contributed by atoms with Gasteiger partial charge >= 0.3 is 11.9 Å². The lowest BCUT2D eigenvalue weighted by molar-refractivity contribution is -0.144. The fourth-order valence-electron chi connectivity index (χ4n) is 3.96. The van der Waals surface area contributed by atoms with Crippen LogP contribution in [0.5, 0.6) is 0 Å². The van der Waals surface area contributed by atoms with E-state index in [1.54, 1.807) is 0 Å². The summed E-state index contributed by atoms with van der Waals surface area (Å²) in [4.78, 5) is 23.4. The van der Waals surface area contributed by atoms with E-state index in [9.17, 15) is 9.59 Å². The van der Waals surface area contributed by atoms with Crippen LogP contribution in [0.1, 0.15) is 155 Å². The highest BCUT2D eigenvalue weighted by Crippen LogP contribution is 2.12. The fraction of sp³-hybridized carbons (Fsp3) is 0.867. The molecule has 0 unspecified atom stereocenters. The Balaban J connectivity index is 3.27. The lowest BCUT2D eigenvalue weighted by Crippen LogP contribution is -2.05. The van der Waals surface area contributed by atoms with E-state index in [4.69, 9.17) is 9.47 Å². The van der Waals surface area contributed by atoms with Gasteiger partial charge in [0.15, 0.2) is 0 Å². The Morgan fingerprint density at radius 2 is 0.882 bits per heavy atom. The maximum absolute atomic E-state index is 11.7. The number of ether oxygens (including phenoxy) is 2. The minimum atomic E-state index is -0.0603. The highest BCUT2D eigenvalue weighted by Gasteiger charge is 2.03. The van der Waals surface area contributed by atoms with Crippen molar-refractivity contribution in [1.82, 2.24) is 0 Å². The van der Waals surface area contributed by atoms with E-state index < -0.39 is 0 Å². The molecule has 4 heteroatoms. The SMILES string of the molecule is CCCCCCCOC(=O)CC/C=C/CCCCCCCCCCC(=O)OCCCCCCC. The predicted octanol–water partition coefficient (Wildman–Crippen LogP) is 9.25. The Morgan fingerprint density at radius 3 is 1.44 bits per heavy atom. The summed E-state index contributed by atoms with van der Waals surface area (Å²) in [5.41, 5.74) is 0. The van der Waals surface area contributed by atoms with Gasteiger partial charge in [0.05, 0.1) is 13.2 Å². The second-order valence-electron chi connectivity index (χ2n) is 9.65. The average molecular weight is 481 g/mol. The van der Waals surface area contributed by atoms with Crippen LogP contribution in [0.4, 0.5) is 0 Å². The van der Waals surface area contributed by atoms with Crippen molar-refractivity contribution in [2.75, 3.05) is 13.2 Å². The first-order valence-electron chi connectivity index (χ1n) is 14.7. The zero-order valence-electron chi connectivity index (χ0n) is 22.8. The molecule has 0 bridgehead atoms. The summed E-state index contributed by atoms with van der Waals surface area (Å²) in [6.07, 6.45) is 28.9. The van der Waals surface area contributed by atoms with E-state index in [0.29, 0.717) is 26.1 Å². The first-order valence-corrected chi connectivity index (χ1v) is 14.7. The van der Waals surface area contributed by atoms with E-state index in [0.717, 1.165) is 44.9 Å². The molecule has 4 nitrogen and oxygen atoms in total. The van der Waals surface area contributed by atoms with Crippen LogP contribution < -0.4 is 0 Å². The van der Waals surface area contributed by atoms with Gasteiger partial charge in [-0.25, -0.2) is 0 Å². The van der Waals surface area contributed by atoms with Crippen molar-refractivity contribution >= 4 is 11.9 Å². The minimum Gasteiger partial charge on any atom is -0.466 e. The summed E-state index contributed by atoms with van der Waals surface area (Å²) in [5.74, 6) is -0.0759. The van der Waals surface area contributed by atoms with E-state index in [-0.39, 0.29) is 11.9 Å². The van der Waals surface area contributed by atoms with Gasteiger partial charge in [-0.05, 0) is 38.5 Å². The topological polar surface area (TPSA) is 52.6 Å². The summed E-state index contributed by atoms with van der Waals surface area (Å²) in [7, 11) is 0. The molecule has 0 atom stereocenters. The summed E-state index contributed by atoms with van der Waals surface area (Å²) >= 11 is 0. The Hall–Kier alpha value is -1.32. The van der Waals surface area contributed by atoms with Crippen LogP contribution in [0.3, 0.4) is 0 Å². The van der Waals surface area contributed by atoms with Gasteiger partial charge in [-0.1, -0.05) is 116 Å². The third-order valence-corrected chi connectivity index (χ3v) is 6.21. The van der Waals surface area contributed by atoms with Crippen molar-refractivity contribution in [3.63, 3.8) is 0 Å². The van der Waals surface area contributed by atoms with Gasteiger partial charge in [-0.15, -0.1) is 0 Å². The second kappa shape index (κ2) is 27.9. The zero-order valence-corrected chi connectivity index (χ0v) is 22.8. The van der Waals surface area contributed by atoms with E-state index in [1.807, 2.05) is 0 Å². The first-order chi connectivity index (χ1) is 16.7. The van der Waals surface area contributed by atoms with Crippen molar-refractivity contribution in [3.8, 4) is 0 Å². The standard InChI is InChI=1S/C30H56O4/c1-3-5-7-19-23-27-33-29(31)25-21-17-15-13-11-9-10-12-14-16-18-22-26-30(32)34-28-24-20-8-6-4-2/h15,17H,3-14,16,18-28H2,1-2H3/b17-15+. The van der Waals surface area contributed by atoms with E-state index in [2.05, 4.69) is 26.0 Å². The van der Waals surface area contributed by atoms with Crippen LogP contribution in [-0.2, 0) is 19.1 Å². The molecule has 0 N–H and O–H groups in total. The Labute approximate surface area is 211 Å². The van der Waals surface area contributed by atoms with E-state index in [1.165, 1.54) is 83.5 Å². The maximum Gasteiger partial charge on any atom is 0.306 e.